The number of ether oxygens (including phenoxy) is 1. The van der Waals surface area contributed by atoms with Crippen LogP contribution >= 0.6 is 0 Å². The minimum absolute atomic E-state index is 0.169. The first-order valence-corrected chi connectivity index (χ1v) is 3.08. The summed E-state index contributed by atoms with van der Waals surface area (Å²) in [6.07, 6.45) is -0.213. The van der Waals surface area contributed by atoms with Crippen molar-refractivity contribution in [2.75, 3.05) is 13.2 Å². The Hall–Kier alpha value is -1.24. The molecular weight excluding hydrogens is 132 g/mol. The van der Waals surface area contributed by atoms with E-state index < -0.39 is 6.09 Å². The molecule has 0 radical (unpaired) electrons. The molecule has 0 aliphatic carbocycles. The first-order chi connectivity index (χ1) is 4.81. The Kier molecular flexibility index (Phi) is 5.16. The van der Waals surface area contributed by atoms with Crippen molar-refractivity contribution in [3.63, 3.8) is 0 Å². The Labute approximate surface area is 59.8 Å². The Bertz CT molecular complexity index is 139. The van der Waals surface area contributed by atoms with Crippen LogP contribution in [-0.2, 0) is 4.74 Å². The minimum Gasteiger partial charge on any atom is -0.448 e. The van der Waals surface area contributed by atoms with Gasteiger partial charge in [-0.15, -0.1) is 0 Å². The maximum atomic E-state index is 10.5. The maximum absolute atomic E-state index is 10.5. The number of nitriles is 1. The summed E-state index contributed by atoms with van der Waals surface area (Å²) in [5.74, 6) is 0. The average molecular weight is 142 g/mol. The van der Waals surface area contributed by atoms with Gasteiger partial charge in [-0.1, -0.05) is 0 Å². The molecule has 1 amide bonds. The summed E-state index contributed by atoms with van der Waals surface area (Å²) in [5.41, 5.74) is 0. The molecule has 0 saturated carbocycles. The van der Waals surface area contributed by atoms with E-state index in [9.17, 15) is 4.79 Å². The zero-order valence-electron chi connectivity index (χ0n) is 5.89. The van der Waals surface area contributed by atoms with Crippen LogP contribution in [0.3, 0.4) is 0 Å². The van der Waals surface area contributed by atoms with E-state index in [4.69, 9.17) is 5.26 Å². The third-order valence-corrected chi connectivity index (χ3v) is 0.768. The summed E-state index contributed by atoms with van der Waals surface area (Å²) in [4.78, 5) is 10.5. The van der Waals surface area contributed by atoms with Crippen molar-refractivity contribution in [3.05, 3.63) is 0 Å². The van der Waals surface area contributed by atoms with Crippen LogP contribution in [0.25, 0.3) is 0 Å². The molecule has 0 aliphatic heterocycles. The lowest BCUT2D eigenvalue weighted by molar-refractivity contribution is 0.149. The molecule has 0 rings (SSSR count). The number of nitrogens with zero attached hydrogens (tertiary/aromatic N) is 1. The molecular formula is C6H10N2O2. The SMILES string of the molecule is CCNC(=O)OCCC#N. The third-order valence-electron chi connectivity index (χ3n) is 0.768. The number of rotatable bonds is 3. The molecule has 0 heterocycles. The summed E-state index contributed by atoms with van der Waals surface area (Å²) in [6.45, 7) is 2.51. The smallest absolute Gasteiger partial charge is 0.407 e. The van der Waals surface area contributed by atoms with Crippen molar-refractivity contribution in [1.29, 1.82) is 5.26 Å². The van der Waals surface area contributed by atoms with Gasteiger partial charge in [0.05, 0.1) is 12.5 Å². The van der Waals surface area contributed by atoms with Gasteiger partial charge in [0.25, 0.3) is 0 Å². The second-order valence-corrected chi connectivity index (χ2v) is 1.57. The van der Waals surface area contributed by atoms with E-state index in [0.717, 1.165) is 0 Å². The standard InChI is InChI=1S/C6H10N2O2/c1-2-8-6(9)10-5-3-4-7/h2-3,5H2,1H3,(H,8,9). The van der Waals surface area contributed by atoms with Crippen molar-refractivity contribution in [2.24, 2.45) is 0 Å². The summed E-state index contributed by atoms with van der Waals surface area (Å²) in [6, 6.07) is 1.86. The monoisotopic (exact) mass is 142 g/mol. The molecule has 56 valence electrons. The first-order valence-electron chi connectivity index (χ1n) is 3.08. The van der Waals surface area contributed by atoms with Crippen LogP contribution in [0, 0.1) is 11.3 Å². The van der Waals surface area contributed by atoms with Crippen LogP contribution in [0.1, 0.15) is 13.3 Å². The summed E-state index contributed by atoms with van der Waals surface area (Å²) >= 11 is 0. The summed E-state index contributed by atoms with van der Waals surface area (Å²) in [5, 5.41) is 10.5. The molecule has 0 aromatic rings. The van der Waals surface area contributed by atoms with Crippen molar-refractivity contribution in [3.8, 4) is 6.07 Å². The largest absolute Gasteiger partial charge is 0.448 e. The zero-order chi connectivity index (χ0) is 7.82. The molecule has 0 aromatic heterocycles. The fraction of sp³-hybridized carbons (Fsp3) is 0.667. The molecule has 0 bridgehead atoms. The Morgan fingerprint density at radius 3 is 3.00 bits per heavy atom. The third kappa shape index (κ3) is 4.91. The van der Waals surface area contributed by atoms with Gasteiger partial charge >= 0.3 is 6.09 Å². The maximum Gasteiger partial charge on any atom is 0.407 e. The molecule has 0 aromatic carbocycles. The first kappa shape index (κ1) is 8.76. The summed E-state index contributed by atoms with van der Waals surface area (Å²) < 4.78 is 4.55. The van der Waals surface area contributed by atoms with Gasteiger partial charge in [0.2, 0.25) is 0 Å². The van der Waals surface area contributed by atoms with E-state index in [0.29, 0.717) is 6.54 Å². The Morgan fingerprint density at radius 2 is 2.50 bits per heavy atom. The fourth-order valence-corrected chi connectivity index (χ4v) is 0.385. The van der Waals surface area contributed by atoms with Crippen LogP contribution < -0.4 is 5.32 Å². The predicted molar refractivity (Wildman–Crippen MR) is 35.3 cm³/mol. The van der Waals surface area contributed by atoms with Crippen LogP contribution in [-0.4, -0.2) is 19.2 Å². The van der Waals surface area contributed by atoms with Crippen molar-refractivity contribution in [1.82, 2.24) is 5.32 Å². The molecule has 0 aliphatic rings. The number of carbonyl (C=O) groups is 1. The van der Waals surface area contributed by atoms with E-state index in [2.05, 4.69) is 10.1 Å². The lowest BCUT2D eigenvalue weighted by atomic mass is 10.5. The van der Waals surface area contributed by atoms with Gasteiger partial charge in [0.15, 0.2) is 0 Å². The van der Waals surface area contributed by atoms with E-state index in [1.807, 2.05) is 6.07 Å². The summed E-state index contributed by atoms with van der Waals surface area (Å²) in [7, 11) is 0. The number of carbonyl (C=O) groups excluding carboxylic acids is 1. The Morgan fingerprint density at radius 1 is 1.80 bits per heavy atom. The van der Waals surface area contributed by atoms with Gasteiger partial charge < -0.3 is 10.1 Å². The van der Waals surface area contributed by atoms with Gasteiger partial charge in [-0.05, 0) is 6.92 Å². The lowest BCUT2D eigenvalue weighted by Gasteiger charge is -2.00. The number of hydrogen-bond donors (Lipinski definition) is 1. The highest BCUT2D eigenvalue weighted by Crippen LogP contribution is 1.80. The molecule has 0 unspecified atom stereocenters. The highest BCUT2D eigenvalue weighted by atomic mass is 16.5. The molecule has 1 N–H and O–H groups in total. The van der Waals surface area contributed by atoms with Gasteiger partial charge in [0.1, 0.15) is 6.61 Å². The highest BCUT2D eigenvalue weighted by Gasteiger charge is 1.96. The zero-order valence-corrected chi connectivity index (χ0v) is 5.89. The average Bonchev–Trinajstić information content (AvgIpc) is 1.89. The van der Waals surface area contributed by atoms with Crippen LogP contribution in [0.2, 0.25) is 0 Å². The van der Waals surface area contributed by atoms with Gasteiger partial charge in [-0.3, -0.25) is 0 Å². The van der Waals surface area contributed by atoms with Crippen molar-refractivity contribution < 1.29 is 9.53 Å². The lowest BCUT2D eigenvalue weighted by Crippen LogP contribution is -2.23. The van der Waals surface area contributed by atoms with E-state index >= 15 is 0 Å². The molecule has 4 heteroatoms. The Balaban J connectivity index is 3.15. The fourth-order valence-electron chi connectivity index (χ4n) is 0.385. The number of nitrogens with one attached hydrogen (secondary N) is 1. The topological polar surface area (TPSA) is 62.1 Å². The second-order valence-electron chi connectivity index (χ2n) is 1.57. The number of amides is 1. The normalized spacial score (nSPS) is 8.00. The number of hydrogen-bond acceptors (Lipinski definition) is 3. The van der Waals surface area contributed by atoms with E-state index in [1.165, 1.54) is 0 Å². The van der Waals surface area contributed by atoms with Crippen molar-refractivity contribution >= 4 is 6.09 Å². The van der Waals surface area contributed by atoms with Crippen LogP contribution in [0.5, 0.6) is 0 Å². The van der Waals surface area contributed by atoms with E-state index in [1.54, 1.807) is 6.92 Å². The molecule has 0 spiro atoms. The molecule has 0 saturated heterocycles. The molecule has 10 heavy (non-hydrogen) atoms. The van der Waals surface area contributed by atoms with Crippen LogP contribution in [0.15, 0.2) is 0 Å². The highest BCUT2D eigenvalue weighted by molar-refractivity contribution is 5.66. The molecule has 0 fully saturated rings. The van der Waals surface area contributed by atoms with Gasteiger partial charge in [0, 0.05) is 6.54 Å². The second kappa shape index (κ2) is 5.89. The minimum atomic E-state index is -0.460. The number of alkyl carbamates (subject to hydrolysis) is 1. The van der Waals surface area contributed by atoms with Crippen molar-refractivity contribution in [2.45, 2.75) is 13.3 Å². The molecule has 4 nitrogen and oxygen atoms in total. The predicted octanol–water partition coefficient (Wildman–Crippen LogP) is 0.646. The van der Waals surface area contributed by atoms with Gasteiger partial charge in [-0.2, -0.15) is 5.26 Å². The van der Waals surface area contributed by atoms with E-state index in [-0.39, 0.29) is 13.0 Å². The van der Waals surface area contributed by atoms with Crippen LogP contribution in [0.4, 0.5) is 4.79 Å². The molecule has 0 atom stereocenters. The quantitative estimate of drug-likeness (QED) is 0.588. The van der Waals surface area contributed by atoms with Gasteiger partial charge in [-0.25, -0.2) is 4.79 Å².